The number of nitrogens with one attached hydrogen (secondary N) is 2. The zero-order valence-corrected chi connectivity index (χ0v) is 17.2. The molecule has 1 aliphatic heterocycles. The molecule has 4 rings (SSSR count). The van der Waals surface area contributed by atoms with Crippen LogP contribution in [0.4, 0.5) is 5.69 Å². The summed E-state index contributed by atoms with van der Waals surface area (Å²) in [6.07, 6.45) is 0. The van der Waals surface area contributed by atoms with Crippen molar-refractivity contribution in [2.75, 3.05) is 12.4 Å². The van der Waals surface area contributed by atoms with Crippen LogP contribution in [0, 0.1) is 6.92 Å². The predicted octanol–water partition coefficient (Wildman–Crippen LogP) is 3.34. The molecule has 31 heavy (non-hydrogen) atoms. The van der Waals surface area contributed by atoms with Crippen LogP contribution in [0.15, 0.2) is 65.8 Å². The molecule has 0 fully saturated rings. The summed E-state index contributed by atoms with van der Waals surface area (Å²) in [6.45, 7) is 9.46. The number of carbonyl (C=O) groups excluding carboxylic acids is 2. The van der Waals surface area contributed by atoms with Crippen LogP contribution in [0.3, 0.4) is 0 Å². The van der Waals surface area contributed by atoms with Gasteiger partial charge in [0.1, 0.15) is 5.70 Å². The van der Waals surface area contributed by atoms with Crippen LogP contribution in [-0.4, -0.2) is 33.9 Å². The molecule has 0 radical (unpaired) electrons. The SMILES string of the molecule is C=C(NC(=O)C(=C)N1Cc2c(cccc2-c2ccc(NC)cc2)C1=O)c1nc(C)no1. The third-order valence-electron chi connectivity index (χ3n) is 5.09. The van der Waals surface area contributed by atoms with E-state index in [2.05, 4.69) is 33.9 Å². The van der Waals surface area contributed by atoms with Crippen molar-refractivity contribution in [2.24, 2.45) is 0 Å². The van der Waals surface area contributed by atoms with Gasteiger partial charge in [-0.15, -0.1) is 0 Å². The van der Waals surface area contributed by atoms with Gasteiger partial charge in [0.15, 0.2) is 5.82 Å². The van der Waals surface area contributed by atoms with Gasteiger partial charge in [-0.25, -0.2) is 0 Å². The van der Waals surface area contributed by atoms with Crippen molar-refractivity contribution >= 4 is 23.2 Å². The maximum absolute atomic E-state index is 13.0. The van der Waals surface area contributed by atoms with Crippen LogP contribution in [0.1, 0.15) is 27.6 Å². The lowest BCUT2D eigenvalue weighted by atomic mass is 9.97. The average molecular weight is 415 g/mol. The van der Waals surface area contributed by atoms with Crippen molar-refractivity contribution in [3.8, 4) is 11.1 Å². The number of fused-ring (bicyclic) bond motifs is 1. The molecule has 0 unspecified atom stereocenters. The summed E-state index contributed by atoms with van der Waals surface area (Å²) in [6, 6.07) is 13.5. The Morgan fingerprint density at radius 1 is 1.13 bits per heavy atom. The first-order valence-electron chi connectivity index (χ1n) is 9.61. The van der Waals surface area contributed by atoms with Gasteiger partial charge in [0.2, 0.25) is 0 Å². The van der Waals surface area contributed by atoms with Gasteiger partial charge in [-0.3, -0.25) is 14.5 Å². The highest BCUT2D eigenvalue weighted by molar-refractivity contribution is 6.07. The van der Waals surface area contributed by atoms with E-state index in [-0.39, 0.29) is 29.7 Å². The molecule has 0 saturated carbocycles. The first kappa shape index (κ1) is 20.1. The van der Waals surface area contributed by atoms with Gasteiger partial charge in [-0.2, -0.15) is 4.98 Å². The summed E-state index contributed by atoms with van der Waals surface area (Å²) < 4.78 is 5.00. The molecule has 2 heterocycles. The number of aryl methyl sites for hydroxylation is 1. The Kier molecular flexibility index (Phi) is 5.12. The number of hydrogen-bond donors (Lipinski definition) is 2. The quantitative estimate of drug-likeness (QED) is 0.599. The Morgan fingerprint density at radius 2 is 1.84 bits per heavy atom. The molecule has 0 aliphatic carbocycles. The molecule has 1 aromatic heterocycles. The minimum Gasteiger partial charge on any atom is -0.388 e. The fourth-order valence-corrected chi connectivity index (χ4v) is 3.44. The van der Waals surface area contributed by atoms with Crippen molar-refractivity contribution in [1.29, 1.82) is 0 Å². The first-order chi connectivity index (χ1) is 14.9. The van der Waals surface area contributed by atoms with Crippen LogP contribution >= 0.6 is 0 Å². The normalized spacial score (nSPS) is 12.5. The second kappa shape index (κ2) is 7.91. The number of nitrogens with zero attached hydrogens (tertiary/aromatic N) is 3. The molecule has 0 atom stereocenters. The second-order valence-electron chi connectivity index (χ2n) is 7.08. The zero-order chi connectivity index (χ0) is 22.1. The van der Waals surface area contributed by atoms with E-state index in [0.717, 1.165) is 22.4 Å². The third-order valence-corrected chi connectivity index (χ3v) is 5.09. The van der Waals surface area contributed by atoms with Gasteiger partial charge in [0.25, 0.3) is 17.7 Å². The van der Waals surface area contributed by atoms with E-state index in [1.165, 1.54) is 4.90 Å². The summed E-state index contributed by atoms with van der Waals surface area (Å²) >= 11 is 0. The van der Waals surface area contributed by atoms with Crippen molar-refractivity contribution < 1.29 is 14.1 Å². The number of aromatic nitrogens is 2. The van der Waals surface area contributed by atoms with E-state index in [0.29, 0.717) is 11.4 Å². The van der Waals surface area contributed by atoms with Crippen molar-refractivity contribution in [1.82, 2.24) is 20.4 Å². The molecule has 0 spiro atoms. The summed E-state index contributed by atoms with van der Waals surface area (Å²) in [5.74, 6) is -0.323. The zero-order valence-electron chi connectivity index (χ0n) is 17.2. The minimum absolute atomic E-state index is 0.00932. The van der Waals surface area contributed by atoms with Crippen molar-refractivity contribution in [3.63, 3.8) is 0 Å². The number of rotatable bonds is 6. The summed E-state index contributed by atoms with van der Waals surface area (Å²) in [4.78, 5) is 31.1. The number of amides is 2. The van der Waals surface area contributed by atoms with Crippen LogP contribution in [0.5, 0.6) is 0 Å². The fourth-order valence-electron chi connectivity index (χ4n) is 3.44. The smallest absolute Gasteiger partial charge is 0.273 e. The molecule has 8 heteroatoms. The Balaban J connectivity index is 1.55. The van der Waals surface area contributed by atoms with E-state index in [1.54, 1.807) is 13.0 Å². The van der Waals surface area contributed by atoms with Crippen LogP contribution < -0.4 is 10.6 Å². The molecule has 1 aliphatic rings. The molecule has 0 bridgehead atoms. The Morgan fingerprint density at radius 3 is 2.48 bits per heavy atom. The summed E-state index contributed by atoms with van der Waals surface area (Å²) in [7, 11) is 1.86. The Hall–Kier alpha value is -4.20. The molecular weight excluding hydrogens is 394 g/mol. The van der Waals surface area contributed by atoms with E-state index in [4.69, 9.17) is 4.52 Å². The van der Waals surface area contributed by atoms with Gasteiger partial charge >= 0.3 is 0 Å². The van der Waals surface area contributed by atoms with Gasteiger partial charge in [0.05, 0.1) is 12.2 Å². The maximum Gasteiger partial charge on any atom is 0.273 e. The summed E-state index contributed by atoms with van der Waals surface area (Å²) in [5, 5.41) is 9.32. The van der Waals surface area contributed by atoms with E-state index in [9.17, 15) is 9.59 Å². The highest BCUT2D eigenvalue weighted by Gasteiger charge is 2.33. The van der Waals surface area contributed by atoms with Crippen molar-refractivity contribution in [2.45, 2.75) is 13.5 Å². The largest absolute Gasteiger partial charge is 0.388 e. The Bertz CT molecular complexity index is 1210. The second-order valence-corrected chi connectivity index (χ2v) is 7.08. The van der Waals surface area contributed by atoms with E-state index < -0.39 is 5.91 Å². The lowest BCUT2D eigenvalue weighted by Gasteiger charge is -2.18. The highest BCUT2D eigenvalue weighted by Crippen LogP contribution is 2.34. The topological polar surface area (TPSA) is 100 Å². The highest BCUT2D eigenvalue weighted by atomic mass is 16.5. The monoisotopic (exact) mass is 415 g/mol. The predicted molar refractivity (Wildman–Crippen MR) is 117 cm³/mol. The van der Waals surface area contributed by atoms with Gasteiger partial charge in [-0.1, -0.05) is 42.6 Å². The van der Waals surface area contributed by atoms with Gasteiger partial charge < -0.3 is 15.2 Å². The first-order valence-corrected chi connectivity index (χ1v) is 9.61. The summed E-state index contributed by atoms with van der Waals surface area (Å²) in [5.41, 5.74) is 4.48. The molecule has 2 N–H and O–H groups in total. The van der Waals surface area contributed by atoms with E-state index in [1.807, 2.05) is 43.4 Å². The average Bonchev–Trinajstić information content (AvgIpc) is 3.36. The van der Waals surface area contributed by atoms with Crippen molar-refractivity contribution in [3.05, 3.63) is 84.2 Å². The van der Waals surface area contributed by atoms with Crippen LogP contribution in [0.25, 0.3) is 16.8 Å². The molecule has 3 aromatic rings. The lowest BCUT2D eigenvalue weighted by molar-refractivity contribution is -0.117. The third kappa shape index (κ3) is 3.71. The molecular formula is C23H21N5O3. The number of carbonyl (C=O) groups is 2. The lowest BCUT2D eigenvalue weighted by Crippen LogP contribution is -2.34. The number of benzene rings is 2. The van der Waals surface area contributed by atoms with Gasteiger partial charge in [-0.05, 0) is 41.8 Å². The molecule has 2 amide bonds. The van der Waals surface area contributed by atoms with Gasteiger partial charge in [0, 0.05) is 18.3 Å². The van der Waals surface area contributed by atoms with Crippen LogP contribution in [0.2, 0.25) is 0 Å². The standard InChI is InChI=1S/C23H21N5O3/c1-13(22-26-15(3)27-31-22)25-21(29)14(2)28-12-20-18(6-5-7-19(20)23(28)30)16-8-10-17(24-4)11-9-16/h5-11,24H,1-2,12H2,3-4H3,(H,25,29). The minimum atomic E-state index is -0.568. The maximum atomic E-state index is 13.0. The van der Waals surface area contributed by atoms with E-state index >= 15 is 0 Å². The molecule has 156 valence electrons. The fraction of sp³-hybridized carbons (Fsp3) is 0.130. The Labute approximate surface area is 179 Å². The van der Waals surface area contributed by atoms with Crippen LogP contribution in [-0.2, 0) is 11.3 Å². The molecule has 8 nitrogen and oxygen atoms in total. The molecule has 2 aromatic carbocycles. The molecule has 0 saturated heterocycles. The number of hydrogen-bond acceptors (Lipinski definition) is 6. The number of anilines is 1.